The summed E-state index contributed by atoms with van der Waals surface area (Å²) in [6.07, 6.45) is -8.20. The molecule has 2 heterocycles. The van der Waals surface area contributed by atoms with Gasteiger partial charge in [-0.2, -0.15) is 0 Å². The lowest BCUT2D eigenvalue weighted by Crippen LogP contribution is -2.67. The Balaban J connectivity index is 1.18. The van der Waals surface area contributed by atoms with Gasteiger partial charge in [0.05, 0.1) is 56.7 Å². The highest BCUT2D eigenvalue weighted by atomic mass is 16.8. The van der Waals surface area contributed by atoms with Gasteiger partial charge in [-0.05, 0) is 55.5 Å². The van der Waals surface area contributed by atoms with Crippen LogP contribution in [0.5, 0.6) is 0 Å². The van der Waals surface area contributed by atoms with Crippen LogP contribution < -0.4 is 5.32 Å². The minimum absolute atomic E-state index is 0.0528. The van der Waals surface area contributed by atoms with Crippen LogP contribution in [0.1, 0.15) is 61.9 Å². The Morgan fingerprint density at radius 2 is 1.03 bits per heavy atom. The molecule has 0 spiro atoms. The molecule has 5 aromatic carbocycles. The molecule has 2 fully saturated rings. The molecule has 0 unspecified atom stereocenters. The third-order valence-electron chi connectivity index (χ3n) is 12.2. The number of nitrogens with zero attached hydrogens (tertiary/aromatic N) is 1. The zero-order valence-electron chi connectivity index (χ0n) is 40.7. The number of hydrogen-bond acceptors (Lipinski definition) is 12. The number of carbonyl (C=O) groups excluding carboxylic acids is 2. The molecule has 14 heteroatoms. The number of rotatable bonds is 23. The van der Waals surface area contributed by atoms with Gasteiger partial charge in [0, 0.05) is 20.2 Å². The summed E-state index contributed by atoms with van der Waals surface area (Å²) in [5, 5.41) is 13.6. The van der Waals surface area contributed by atoms with Gasteiger partial charge in [-0.25, -0.2) is 4.79 Å². The molecule has 0 saturated carbocycles. The first kappa shape index (κ1) is 52.3. The van der Waals surface area contributed by atoms with E-state index in [4.69, 9.17) is 42.6 Å². The van der Waals surface area contributed by atoms with Crippen molar-refractivity contribution in [1.82, 2.24) is 10.2 Å². The Morgan fingerprint density at radius 1 is 0.571 bits per heavy atom. The zero-order chi connectivity index (χ0) is 49.3. The number of benzene rings is 5. The van der Waals surface area contributed by atoms with Crippen LogP contribution in [-0.4, -0.2) is 109 Å². The highest BCUT2D eigenvalue weighted by molar-refractivity contribution is 5.77. The molecule has 10 atom stereocenters. The number of aliphatic hydroxyl groups is 1. The second kappa shape index (κ2) is 26.1. The summed E-state index contributed by atoms with van der Waals surface area (Å²) in [5.74, 6) is -0.371. The van der Waals surface area contributed by atoms with Crippen molar-refractivity contribution in [3.8, 4) is 0 Å². The van der Waals surface area contributed by atoms with Gasteiger partial charge in [0.25, 0.3) is 0 Å². The summed E-state index contributed by atoms with van der Waals surface area (Å²) in [6, 6.07) is 47.9. The van der Waals surface area contributed by atoms with Crippen molar-refractivity contribution in [1.29, 1.82) is 0 Å². The molecule has 2 saturated heterocycles. The molecule has 2 aliphatic heterocycles. The van der Waals surface area contributed by atoms with Crippen molar-refractivity contribution in [2.24, 2.45) is 0 Å². The molecular formula is C56H68N2O12. The van der Waals surface area contributed by atoms with E-state index in [0.29, 0.717) is 0 Å². The number of ether oxygens (including phenoxy) is 9. The molecular weight excluding hydrogens is 893 g/mol. The predicted molar refractivity (Wildman–Crippen MR) is 262 cm³/mol. The first-order chi connectivity index (χ1) is 33.9. The standard InChI is InChI=1S/C56H68N2O12/c1-39-47(57-46(59)33-56(3,4)61)49(65-36-43-25-15-8-16-26-43)51(62-5)54(68-39)70-50-48(64-35-42-23-13-7-14-24-42)40(2)69-53(52(50)66-37-44-27-17-9-18-28-44)63-32-31-58(34-41-21-11-6-12-22-41)55(60)67-38-45-29-19-10-20-30-45/h6-30,39-40,47-54,61H,31-38H2,1-5H3,(H,57,59)/t39-,40+,47-,48+,49+,50-,51-,52-,53-,54+/m1/s1. The van der Waals surface area contributed by atoms with Gasteiger partial charge < -0.3 is 58.0 Å². The summed E-state index contributed by atoms with van der Waals surface area (Å²) in [5.41, 5.74) is 3.33. The van der Waals surface area contributed by atoms with Gasteiger partial charge in [0.2, 0.25) is 5.91 Å². The topological polar surface area (TPSA) is 153 Å². The Labute approximate surface area is 412 Å². The number of methoxy groups -OCH3 is 1. The van der Waals surface area contributed by atoms with E-state index >= 15 is 0 Å². The van der Waals surface area contributed by atoms with Gasteiger partial charge in [0.1, 0.15) is 37.1 Å². The quantitative estimate of drug-likeness (QED) is 0.0650. The van der Waals surface area contributed by atoms with Crippen molar-refractivity contribution in [2.75, 3.05) is 20.3 Å². The lowest BCUT2D eigenvalue weighted by atomic mass is 9.94. The van der Waals surface area contributed by atoms with E-state index in [9.17, 15) is 14.7 Å². The van der Waals surface area contributed by atoms with E-state index in [0.717, 1.165) is 27.8 Å². The Morgan fingerprint density at radius 3 is 1.53 bits per heavy atom. The van der Waals surface area contributed by atoms with E-state index in [1.807, 2.05) is 166 Å². The first-order valence-corrected chi connectivity index (χ1v) is 24.0. The number of nitrogens with one attached hydrogen (secondary N) is 1. The third kappa shape index (κ3) is 15.5. The van der Waals surface area contributed by atoms with E-state index in [2.05, 4.69) is 5.32 Å². The first-order valence-electron chi connectivity index (χ1n) is 24.0. The minimum atomic E-state index is -1.25. The van der Waals surface area contributed by atoms with Gasteiger partial charge >= 0.3 is 6.09 Å². The second-order valence-corrected chi connectivity index (χ2v) is 18.4. The van der Waals surface area contributed by atoms with E-state index < -0.39 is 73.0 Å². The molecule has 2 amide bonds. The van der Waals surface area contributed by atoms with Gasteiger partial charge in [-0.3, -0.25) is 4.79 Å². The molecule has 0 bridgehead atoms. The lowest BCUT2D eigenvalue weighted by molar-refractivity contribution is -0.361. The highest BCUT2D eigenvalue weighted by Crippen LogP contribution is 2.35. The minimum Gasteiger partial charge on any atom is -0.445 e. The maximum Gasteiger partial charge on any atom is 0.410 e. The molecule has 2 aliphatic rings. The van der Waals surface area contributed by atoms with Gasteiger partial charge in [0.15, 0.2) is 12.6 Å². The second-order valence-electron chi connectivity index (χ2n) is 18.4. The summed E-state index contributed by atoms with van der Waals surface area (Å²) >= 11 is 0. The fraction of sp³-hybridized carbons (Fsp3) is 0.429. The Bertz CT molecular complexity index is 2290. The fourth-order valence-corrected chi connectivity index (χ4v) is 8.63. The van der Waals surface area contributed by atoms with E-state index in [1.54, 1.807) is 25.9 Å². The predicted octanol–water partition coefficient (Wildman–Crippen LogP) is 8.13. The average molecular weight is 961 g/mol. The van der Waals surface area contributed by atoms with Crippen LogP contribution >= 0.6 is 0 Å². The molecule has 7 rings (SSSR count). The fourth-order valence-electron chi connectivity index (χ4n) is 8.63. The van der Waals surface area contributed by atoms with Crippen LogP contribution in [0.15, 0.2) is 152 Å². The van der Waals surface area contributed by atoms with E-state index in [1.165, 1.54) is 0 Å². The number of amides is 2. The largest absolute Gasteiger partial charge is 0.445 e. The smallest absolute Gasteiger partial charge is 0.410 e. The normalized spacial score (nSPS) is 24.7. The zero-order valence-corrected chi connectivity index (χ0v) is 40.7. The van der Waals surface area contributed by atoms with Crippen LogP contribution in [0.4, 0.5) is 4.79 Å². The van der Waals surface area contributed by atoms with Crippen molar-refractivity contribution < 1.29 is 57.3 Å². The summed E-state index contributed by atoms with van der Waals surface area (Å²) in [6.45, 7) is 8.15. The molecule has 0 aliphatic carbocycles. The summed E-state index contributed by atoms with van der Waals surface area (Å²) in [4.78, 5) is 28.8. The van der Waals surface area contributed by atoms with Crippen LogP contribution in [0.25, 0.3) is 0 Å². The molecule has 14 nitrogen and oxygen atoms in total. The maximum atomic E-state index is 13.8. The molecule has 2 N–H and O–H groups in total. The van der Waals surface area contributed by atoms with Crippen LogP contribution in [0.3, 0.4) is 0 Å². The van der Waals surface area contributed by atoms with Crippen LogP contribution in [0.2, 0.25) is 0 Å². The molecule has 70 heavy (non-hydrogen) atoms. The Hall–Kier alpha value is -5.52. The number of carbonyl (C=O) groups is 2. The average Bonchev–Trinajstić information content (AvgIpc) is 3.36. The maximum absolute atomic E-state index is 13.8. The van der Waals surface area contributed by atoms with Gasteiger partial charge in [-0.15, -0.1) is 0 Å². The van der Waals surface area contributed by atoms with E-state index in [-0.39, 0.29) is 58.5 Å². The molecule has 0 radical (unpaired) electrons. The summed E-state index contributed by atoms with van der Waals surface area (Å²) in [7, 11) is 1.55. The molecule has 374 valence electrons. The van der Waals surface area contributed by atoms with Crippen molar-refractivity contribution >= 4 is 12.0 Å². The lowest BCUT2D eigenvalue weighted by Gasteiger charge is -2.49. The van der Waals surface area contributed by atoms with Crippen molar-refractivity contribution in [2.45, 2.75) is 134 Å². The van der Waals surface area contributed by atoms with Crippen LogP contribution in [0, 0.1) is 0 Å². The monoisotopic (exact) mass is 960 g/mol. The SMILES string of the molecule is CO[C@H]1[C@H](O[C@@H]2[C@@H](OCc3ccccc3)[C@H](C)O[C@@H](OCCN(Cc3ccccc3)C(=O)OCc3ccccc3)[C@@H]2OCc2ccccc2)O[C@H](C)[C@@H](NC(=O)CC(C)(C)O)[C@@H]1OCc1ccccc1. The molecule has 0 aromatic heterocycles. The summed E-state index contributed by atoms with van der Waals surface area (Å²) < 4.78 is 59.5. The Kier molecular flexibility index (Phi) is 19.5. The highest BCUT2D eigenvalue weighted by Gasteiger charge is 2.53. The number of hydrogen-bond donors (Lipinski definition) is 2. The molecule has 5 aromatic rings. The third-order valence-corrected chi connectivity index (χ3v) is 12.2. The van der Waals surface area contributed by atoms with Crippen molar-refractivity contribution in [3.05, 3.63) is 179 Å². The van der Waals surface area contributed by atoms with Gasteiger partial charge in [-0.1, -0.05) is 152 Å². The van der Waals surface area contributed by atoms with Crippen LogP contribution in [-0.2, 0) is 80.4 Å². The van der Waals surface area contributed by atoms with Crippen molar-refractivity contribution in [3.63, 3.8) is 0 Å².